The van der Waals surface area contributed by atoms with Crippen molar-refractivity contribution in [2.45, 2.75) is 103 Å². The second-order valence-electron chi connectivity index (χ2n) is 12.9. The van der Waals surface area contributed by atoms with E-state index in [1.165, 1.54) is 0 Å². The molecule has 1 heterocycles. The number of aliphatic hydroxyl groups is 2. The fourth-order valence-electron chi connectivity index (χ4n) is 5.90. The number of aliphatic hydroxyl groups excluding tert-OH is 1. The molecule has 1 aliphatic heterocycles. The molecule has 3 aliphatic rings. The standard InChI is InChI=1S/C29H44O5Si/c1-26(2,3)35(6,7)33-18-14-24-29(31,20-32-25(34-24)21-11-9-8-10-12-21)17-16-28-15-13-22(19-23(28)30)27(28,4)5/h8-12,22-25,30-31H,13-15,18-20H2,1-7H3/t22-,23+,24-,25+,28+,29-/m0/s1. The molecule has 1 saturated heterocycles. The van der Waals surface area contributed by atoms with E-state index in [0.717, 1.165) is 24.8 Å². The van der Waals surface area contributed by atoms with E-state index in [-0.39, 0.29) is 17.1 Å². The second kappa shape index (κ2) is 9.27. The van der Waals surface area contributed by atoms with Crippen LogP contribution < -0.4 is 0 Å². The minimum absolute atomic E-state index is 0.0559. The van der Waals surface area contributed by atoms with Gasteiger partial charge in [0.25, 0.3) is 0 Å². The van der Waals surface area contributed by atoms with Gasteiger partial charge in [-0.15, -0.1) is 0 Å². The SMILES string of the molecule is CC1(C)[C@H]2CC[C@@]1(C#C[C@]1(O)CO[C@@H](c3ccccc3)O[C@H]1CCO[Si](C)(C)C(C)(C)C)[C@H](O)C2. The summed E-state index contributed by atoms with van der Waals surface area (Å²) in [5.41, 5.74) is -1.12. The Morgan fingerprint density at radius 1 is 1.14 bits per heavy atom. The van der Waals surface area contributed by atoms with Crippen molar-refractivity contribution >= 4 is 8.32 Å². The quantitative estimate of drug-likeness (QED) is 0.417. The van der Waals surface area contributed by atoms with Crippen molar-refractivity contribution < 1.29 is 24.1 Å². The molecule has 0 unspecified atom stereocenters. The van der Waals surface area contributed by atoms with E-state index in [9.17, 15) is 10.2 Å². The molecule has 3 fully saturated rings. The third-order valence-corrected chi connectivity index (χ3v) is 14.2. The van der Waals surface area contributed by atoms with Crippen molar-refractivity contribution in [2.24, 2.45) is 16.7 Å². The molecule has 2 bridgehead atoms. The first-order valence-corrected chi connectivity index (χ1v) is 16.0. The molecule has 0 radical (unpaired) electrons. The average molecular weight is 501 g/mol. The zero-order valence-electron chi connectivity index (χ0n) is 22.6. The minimum atomic E-state index is -1.93. The molecule has 2 aliphatic carbocycles. The smallest absolute Gasteiger partial charge is 0.191 e. The van der Waals surface area contributed by atoms with Gasteiger partial charge in [-0.05, 0) is 55.1 Å². The van der Waals surface area contributed by atoms with Gasteiger partial charge in [-0.25, -0.2) is 0 Å². The van der Waals surface area contributed by atoms with Gasteiger partial charge in [0, 0.05) is 12.2 Å². The molecule has 6 heteroatoms. The molecule has 4 rings (SSSR count). The van der Waals surface area contributed by atoms with Crippen molar-refractivity contribution in [2.75, 3.05) is 13.2 Å². The molecule has 0 aromatic heterocycles. The maximum atomic E-state index is 11.8. The van der Waals surface area contributed by atoms with Crippen molar-refractivity contribution in [1.82, 2.24) is 0 Å². The topological polar surface area (TPSA) is 68.2 Å². The van der Waals surface area contributed by atoms with Gasteiger partial charge in [0.15, 0.2) is 20.2 Å². The van der Waals surface area contributed by atoms with Crippen LogP contribution >= 0.6 is 0 Å². The molecule has 0 spiro atoms. The van der Waals surface area contributed by atoms with Gasteiger partial charge in [-0.3, -0.25) is 0 Å². The van der Waals surface area contributed by atoms with E-state index in [4.69, 9.17) is 13.9 Å². The molecule has 2 saturated carbocycles. The molecule has 6 atom stereocenters. The van der Waals surface area contributed by atoms with E-state index in [1.807, 2.05) is 30.3 Å². The molecule has 5 nitrogen and oxygen atoms in total. The van der Waals surface area contributed by atoms with Crippen molar-refractivity contribution in [3.05, 3.63) is 35.9 Å². The lowest BCUT2D eigenvalue weighted by atomic mass is 9.68. The van der Waals surface area contributed by atoms with Crippen LogP contribution in [0.25, 0.3) is 0 Å². The Kier molecular flexibility index (Phi) is 7.11. The van der Waals surface area contributed by atoms with Gasteiger partial charge >= 0.3 is 0 Å². The van der Waals surface area contributed by atoms with Gasteiger partial charge in [-0.1, -0.05) is 76.8 Å². The van der Waals surface area contributed by atoms with Crippen molar-refractivity contribution in [3.63, 3.8) is 0 Å². The number of fused-ring (bicyclic) bond motifs is 2. The van der Waals surface area contributed by atoms with Crippen LogP contribution in [0.2, 0.25) is 18.1 Å². The number of benzene rings is 1. The number of hydrogen-bond acceptors (Lipinski definition) is 5. The van der Waals surface area contributed by atoms with Gasteiger partial charge in [0.2, 0.25) is 0 Å². The van der Waals surface area contributed by atoms with Gasteiger partial charge in [0.1, 0.15) is 6.10 Å². The van der Waals surface area contributed by atoms with E-state index < -0.39 is 37.8 Å². The third kappa shape index (κ3) is 4.76. The molecule has 1 aromatic rings. The summed E-state index contributed by atoms with van der Waals surface area (Å²) in [6, 6.07) is 9.81. The van der Waals surface area contributed by atoms with Gasteiger partial charge in [-0.2, -0.15) is 0 Å². The Morgan fingerprint density at radius 3 is 2.40 bits per heavy atom. The molecule has 0 amide bonds. The fraction of sp³-hybridized carbons (Fsp3) is 0.724. The maximum Gasteiger partial charge on any atom is 0.191 e. The van der Waals surface area contributed by atoms with Crippen LogP contribution in [0.15, 0.2) is 30.3 Å². The zero-order chi connectivity index (χ0) is 25.7. The lowest BCUT2D eigenvalue weighted by Gasteiger charge is -2.42. The highest BCUT2D eigenvalue weighted by Crippen LogP contribution is 2.65. The number of hydrogen-bond donors (Lipinski definition) is 2. The predicted molar refractivity (Wildman–Crippen MR) is 140 cm³/mol. The van der Waals surface area contributed by atoms with Gasteiger partial charge < -0.3 is 24.1 Å². The third-order valence-electron chi connectivity index (χ3n) is 9.63. The van der Waals surface area contributed by atoms with Crippen LogP contribution in [-0.4, -0.2) is 49.6 Å². The zero-order valence-corrected chi connectivity index (χ0v) is 23.6. The summed E-state index contributed by atoms with van der Waals surface area (Å²) in [6.45, 7) is 16.1. The van der Waals surface area contributed by atoms with E-state index in [0.29, 0.717) is 18.9 Å². The fourth-order valence-corrected chi connectivity index (χ4v) is 6.96. The highest BCUT2D eigenvalue weighted by atomic mass is 28.4. The summed E-state index contributed by atoms with van der Waals surface area (Å²) in [7, 11) is -1.93. The summed E-state index contributed by atoms with van der Waals surface area (Å²) in [4.78, 5) is 0. The summed E-state index contributed by atoms with van der Waals surface area (Å²) < 4.78 is 18.8. The Hall–Kier alpha value is -1.20. The van der Waals surface area contributed by atoms with E-state index in [1.54, 1.807) is 0 Å². The van der Waals surface area contributed by atoms with Crippen LogP contribution in [0.3, 0.4) is 0 Å². The average Bonchev–Trinajstić information content (AvgIpc) is 3.14. The predicted octanol–water partition coefficient (Wildman–Crippen LogP) is 5.43. The van der Waals surface area contributed by atoms with Gasteiger partial charge in [0.05, 0.1) is 18.1 Å². The van der Waals surface area contributed by atoms with Crippen molar-refractivity contribution in [1.29, 1.82) is 0 Å². The Morgan fingerprint density at radius 2 is 1.83 bits per heavy atom. The molecule has 1 aromatic carbocycles. The molecular weight excluding hydrogens is 456 g/mol. The molecular formula is C29H44O5Si. The lowest BCUT2D eigenvalue weighted by Crippen LogP contribution is -2.53. The van der Waals surface area contributed by atoms with Crippen LogP contribution in [0, 0.1) is 28.6 Å². The Balaban J connectivity index is 1.58. The summed E-state index contributed by atoms with van der Waals surface area (Å²) in [5, 5.41) is 22.8. The van der Waals surface area contributed by atoms with Crippen molar-refractivity contribution in [3.8, 4) is 11.8 Å². The van der Waals surface area contributed by atoms with Crippen LogP contribution in [0.4, 0.5) is 0 Å². The molecule has 2 N–H and O–H groups in total. The number of rotatable bonds is 5. The first kappa shape index (κ1) is 26.8. The first-order chi connectivity index (χ1) is 16.2. The monoisotopic (exact) mass is 500 g/mol. The van der Waals surface area contributed by atoms with Crippen LogP contribution in [0.5, 0.6) is 0 Å². The lowest BCUT2D eigenvalue weighted by molar-refractivity contribution is -0.279. The summed E-state index contributed by atoms with van der Waals surface area (Å²) in [5.74, 6) is 7.07. The maximum absolute atomic E-state index is 11.8. The molecule has 194 valence electrons. The highest BCUT2D eigenvalue weighted by Gasteiger charge is 2.63. The summed E-state index contributed by atoms with van der Waals surface area (Å²) in [6.07, 6.45) is 1.66. The highest BCUT2D eigenvalue weighted by molar-refractivity contribution is 6.74. The normalized spacial score (nSPS) is 36.6. The van der Waals surface area contributed by atoms with Crippen LogP contribution in [0.1, 0.15) is 72.2 Å². The molecule has 35 heavy (non-hydrogen) atoms. The Bertz CT molecular complexity index is 959. The Labute approximate surface area is 212 Å². The largest absolute Gasteiger partial charge is 0.417 e. The minimum Gasteiger partial charge on any atom is -0.417 e. The van der Waals surface area contributed by atoms with Crippen LogP contribution in [-0.2, 0) is 13.9 Å². The second-order valence-corrected chi connectivity index (χ2v) is 17.7. The first-order valence-electron chi connectivity index (χ1n) is 13.1. The van der Waals surface area contributed by atoms with E-state index in [2.05, 4.69) is 59.6 Å². The summed E-state index contributed by atoms with van der Waals surface area (Å²) >= 11 is 0. The van der Waals surface area contributed by atoms with E-state index >= 15 is 0 Å². The number of ether oxygens (including phenoxy) is 2.